The minimum Gasteiger partial charge on any atom is -1.00 e. The molecule has 140 valence electrons. The fraction of sp³-hybridized carbons (Fsp3) is 0.350. The SMILES string of the molecule is Cc1cc(OCC(O)C[N+](C)(C)C)cc2c(=O)c3ccccc3sc12.[Cl-]. The number of rotatable bonds is 5. The minimum atomic E-state index is -0.554. The lowest BCUT2D eigenvalue weighted by molar-refractivity contribution is -0.873. The van der Waals surface area contributed by atoms with E-state index in [0.29, 0.717) is 22.2 Å². The predicted molar refractivity (Wildman–Crippen MR) is 105 cm³/mol. The van der Waals surface area contributed by atoms with Gasteiger partial charge in [0.15, 0.2) is 5.43 Å². The summed E-state index contributed by atoms with van der Waals surface area (Å²) >= 11 is 1.63. The molecule has 0 fully saturated rings. The van der Waals surface area contributed by atoms with Crippen LogP contribution in [0.1, 0.15) is 5.56 Å². The Labute approximate surface area is 163 Å². The Hall–Kier alpha value is -1.66. The molecule has 1 aromatic heterocycles. The molecule has 3 aromatic rings. The Bertz CT molecular complexity index is 978. The molecule has 26 heavy (non-hydrogen) atoms. The van der Waals surface area contributed by atoms with Gasteiger partial charge in [0.25, 0.3) is 0 Å². The molecule has 0 amide bonds. The van der Waals surface area contributed by atoms with Gasteiger partial charge >= 0.3 is 0 Å². The molecule has 1 heterocycles. The first-order valence-corrected chi connectivity index (χ1v) is 9.14. The smallest absolute Gasteiger partial charge is 0.196 e. The van der Waals surface area contributed by atoms with E-state index in [2.05, 4.69) is 0 Å². The van der Waals surface area contributed by atoms with Gasteiger partial charge < -0.3 is 26.7 Å². The van der Waals surface area contributed by atoms with Crippen LogP contribution in [0.15, 0.2) is 41.2 Å². The number of quaternary nitrogens is 1. The van der Waals surface area contributed by atoms with E-state index in [1.165, 1.54) is 0 Å². The first-order valence-electron chi connectivity index (χ1n) is 8.32. The second-order valence-electron chi connectivity index (χ2n) is 7.48. The van der Waals surface area contributed by atoms with Gasteiger partial charge in [-0.15, -0.1) is 11.3 Å². The zero-order valence-electron chi connectivity index (χ0n) is 15.5. The molecule has 0 radical (unpaired) electrons. The van der Waals surface area contributed by atoms with Gasteiger partial charge in [-0.3, -0.25) is 4.79 Å². The van der Waals surface area contributed by atoms with Crippen LogP contribution in [0.4, 0.5) is 0 Å². The molecule has 0 saturated heterocycles. The third kappa shape index (κ3) is 4.54. The number of nitrogens with zero attached hydrogens (tertiary/aromatic N) is 1. The Morgan fingerprint density at radius 1 is 1.15 bits per heavy atom. The summed E-state index contributed by atoms with van der Waals surface area (Å²) < 4.78 is 8.43. The van der Waals surface area contributed by atoms with Gasteiger partial charge in [0.2, 0.25) is 0 Å². The summed E-state index contributed by atoms with van der Waals surface area (Å²) in [5.41, 5.74) is 1.05. The summed E-state index contributed by atoms with van der Waals surface area (Å²) in [7, 11) is 6.08. The highest BCUT2D eigenvalue weighted by Crippen LogP contribution is 2.30. The summed E-state index contributed by atoms with van der Waals surface area (Å²) in [4.78, 5) is 12.8. The molecule has 6 heteroatoms. The van der Waals surface area contributed by atoms with Crippen molar-refractivity contribution in [2.24, 2.45) is 0 Å². The van der Waals surface area contributed by atoms with Crippen LogP contribution in [-0.4, -0.2) is 50.0 Å². The van der Waals surface area contributed by atoms with Crippen molar-refractivity contribution in [2.75, 3.05) is 34.3 Å². The lowest BCUT2D eigenvalue weighted by atomic mass is 10.1. The third-order valence-electron chi connectivity index (χ3n) is 4.04. The molecule has 0 aliphatic heterocycles. The first kappa shape index (κ1) is 20.6. The average molecular weight is 394 g/mol. The lowest BCUT2D eigenvalue weighted by Gasteiger charge is -2.26. The van der Waals surface area contributed by atoms with E-state index in [1.54, 1.807) is 17.4 Å². The van der Waals surface area contributed by atoms with Crippen LogP contribution in [0.3, 0.4) is 0 Å². The maximum absolute atomic E-state index is 12.8. The normalized spacial score (nSPS) is 12.8. The van der Waals surface area contributed by atoms with Crippen LogP contribution in [0.2, 0.25) is 0 Å². The predicted octanol–water partition coefficient (Wildman–Crippen LogP) is 0.173. The molecule has 2 aromatic carbocycles. The molecule has 0 aliphatic carbocycles. The van der Waals surface area contributed by atoms with Crippen molar-refractivity contribution in [3.63, 3.8) is 0 Å². The monoisotopic (exact) mass is 393 g/mol. The maximum Gasteiger partial charge on any atom is 0.196 e. The zero-order valence-corrected chi connectivity index (χ0v) is 17.0. The highest BCUT2D eigenvalue weighted by Gasteiger charge is 2.16. The van der Waals surface area contributed by atoms with Crippen molar-refractivity contribution in [1.29, 1.82) is 0 Å². The quantitative estimate of drug-likeness (QED) is 0.496. The molecule has 0 spiro atoms. The van der Waals surface area contributed by atoms with Gasteiger partial charge in [0.1, 0.15) is 25.0 Å². The van der Waals surface area contributed by atoms with Crippen molar-refractivity contribution in [2.45, 2.75) is 13.0 Å². The molecule has 4 nitrogen and oxygen atoms in total. The Morgan fingerprint density at radius 2 is 1.85 bits per heavy atom. The van der Waals surface area contributed by atoms with E-state index in [9.17, 15) is 9.90 Å². The number of hydrogen-bond acceptors (Lipinski definition) is 4. The van der Waals surface area contributed by atoms with Crippen LogP contribution in [0.25, 0.3) is 20.2 Å². The summed E-state index contributed by atoms with van der Waals surface area (Å²) in [6.07, 6.45) is -0.554. The molecule has 3 rings (SSSR count). The number of hydrogen-bond donors (Lipinski definition) is 1. The first-order chi connectivity index (χ1) is 11.7. The molecule has 0 aliphatic rings. The highest BCUT2D eigenvalue weighted by atomic mass is 35.5. The number of likely N-dealkylation sites (N-methyl/N-ethyl adjacent to an activating group) is 1. The number of fused-ring (bicyclic) bond motifs is 2. The van der Waals surface area contributed by atoms with Gasteiger partial charge in [0, 0.05) is 20.2 Å². The third-order valence-corrected chi connectivity index (χ3v) is 5.36. The number of halogens is 1. The second-order valence-corrected chi connectivity index (χ2v) is 8.53. The minimum absolute atomic E-state index is 0. The Kier molecular flexibility index (Phi) is 6.29. The number of aliphatic hydroxyl groups excluding tert-OH is 1. The van der Waals surface area contributed by atoms with Crippen LogP contribution in [-0.2, 0) is 0 Å². The van der Waals surface area contributed by atoms with Gasteiger partial charge in [-0.1, -0.05) is 12.1 Å². The zero-order chi connectivity index (χ0) is 18.2. The van der Waals surface area contributed by atoms with E-state index >= 15 is 0 Å². The van der Waals surface area contributed by atoms with E-state index in [-0.39, 0.29) is 24.4 Å². The van der Waals surface area contributed by atoms with Crippen molar-refractivity contribution in [1.82, 2.24) is 0 Å². The molecule has 1 atom stereocenters. The van der Waals surface area contributed by atoms with E-state index < -0.39 is 6.10 Å². The van der Waals surface area contributed by atoms with Crippen LogP contribution in [0, 0.1) is 6.92 Å². The highest BCUT2D eigenvalue weighted by molar-refractivity contribution is 7.24. The van der Waals surface area contributed by atoms with E-state index in [1.807, 2.05) is 58.4 Å². The largest absolute Gasteiger partial charge is 1.00 e. The van der Waals surface area contributed by atoms with Crippen molar-refractivity contribution >= 4 is 31.5 Å². The fourth-order valence-electron chi connectivity index (χ4n) is 3.00. The fourth-order valence-corrected chi connectivity index (χ4v) is 4.12. The number of ether oxygens (including phenoxy) is 1. The molecule has 0 saturated carbocycles. The summed E-state index contributed by atoms with van der Waals surface area (Å²) in [6.45, 7) is 2.81. The summed E-state index contributed by atoms with van der Waals surface area (Å²) in [6, 6.07) is 11.4. The van der Waals surface area contributed by atoms with Gasteiger partial charge in [-0.05, 0) is 36.8 Å². The second kappa shape index (κ2) is 7.92. The molecule has 1 N–H and O–H groups in total. The number of aliphatic hydroxyl groups is 1. The van der Waals surface area contributed by atoms with Crippen LogP contribution < -0.4 is 22.6 Å². The lowest BCUT2D eigenvalue weighted by Crippen LogP contribution is -3.00. The number of benzene rings is 2. The van der Waals surface area contributed by atoms with Crippen molar-refractivity contribution < 1.29 is 26.7 Å². The summed E-state index contributed by atoms with van der Waals surface area (Å²) in [5.74, 6) is 0.630. The molecule has 1 unspecified atom stereocenters. The van der Waals surface area contributed by atoms with E-state index in [0.717, 1.165) is 20.3 Å². The summed E-state index contributed by atoms with van der Waals surface area (Å²) in [5, 5.41) is 11.5. The molecular weight excluding hydrogens is 370 g/mol. The van der Waals surface area contributed by atoms with Crippen molar-refractivity contribution in [3.05, 3.63) is 52.2 Å². The standard InChI is InChI=1S/C20H24NO3S.ClH/c1-13-9-15(24-12-14(22)11-21(2,3)4)10-17-19(23)16-7-5-6-8-18(16)25-20(13)17;/h5-10,14,22H,11-12H2,1-4H3;1H/q+1;/p-1. The van der Waals surface area contributed by atoms with Crippen LogP contribution in [0.5, 0.6) is 5.75 Å². The van der Waals surface area contributed by atoms with E-state index in [4.69, 9.17) is 4.74 Å². The topological polar surface area (TPSA) is 46.5 Å². The Balaban J connectivity index is 0.00000243. The van der Waals surface area contributed by atoms with Gasteiger partial charge in [0.05, 0.1) is 21.1 Å². The van der Waals surface area contributed by atoms with Gasteiger partial charge in [-0.2, -0.15) is 0 Å². The van der Waals surface area contributed by atoms with Crippen LogP contribution >= 0.6 is 11.3 Å². The van der Waals surface area contributed by atoms with Crippen molar-refractivity contribution in [3.8, 4) is 5.75 Å². The Morgan fingerprint density at radius 3 is 2.54 bits per heavy atom. The number of aryl methyl sites for hydroxylation is 1. The maximum atomic E-state index is 12.8. The molecular formula is C20H24ClNO3S. The van der Waals surface area contributed by atoms with Gasteiger partial charge in [-0.25, -0.2) is 0 Å². The molecule has 0 bridgehead atoms. The average Bonchev–Trinajstić information content (AvgIpc) is 2.53.